The van der Waals surface area contributed by atoms with E-state index in [0.717, 1.165) is 12.1 Å². The molecular weight excluding hydrogens is 592 g/mol. The Kier molecular flexibility index (Phi) is 9.17. The number of carboxylic acid groups (broad SMARTS) is 1. The lowest BCUT2D eigenvalue weighted by atomic mass is 9.95. The molecule has 2 saturated heterocycles. The van der Waals surface area contributed by atoms with Gasteiger partial charge in [0.1, 0.15) is 5.60 Å². The maximum atomic E-state index is 13.8. The van der Waals surface area contributed by atoms with Crippen LogP contribution in [0.15, 0.2) is 42.7 Å². The topological polar surface area (TPSA) is 169 Å². The maximum Gasteiger partial charge on any atom is 0.409 e. The Morgan fingerprint density at radius 2 is 1.80 bits per heavy atom. The van der Waals surface area contributed by atoms with Crippen LogP contribution in [0.25, 0.3) is 10.9 Å². The lowest BCUT2D eigenvalue weighted by molar-refractivity contribution is -0.129. The second kappa shape index (κ2) is 13.1. The van der Waals surface area contributed by atoms with E-state index in [0.29, 0.717) is 48.5 Å². The van der Waals surface area contributed by atoms with Crippen LogP contribution in [0.5, 0.6) is 0 Å². The summed E-state index contributed by atoms with van der Waals surface area (Å²) in [4.78, 5) is 64.7. The third-order valence-electron chi connectivity index (χ3n) is 7.85. The van der Waals surface area contributed by atoms with E-state index in [1.165, 1.54) is 6.20 Å². The van der Waals surface area contributed by atoms with Gasteiger partial charge in [0.05, 0.1) is 35.3 Å². The van der Waals surface area contributed by atoms with Gasteiger partial charge in [-0.15, -0.1) is 0 Å². The van der Waals surface area contributed by atoms with E-state index in [1.807, 2.05) is 31.7 Å². The molecule has 46 heavy (non-hydrogen) atoms. The SMILES string of the molecule is C[C@@H]1C[C@@H](NC(=O)OC(C)(C)C)CN(c2ccncc2NC(=O)c2nc3cc(N4CCN(C)C(=O)C4)ccc3cc2NC(=O)O)C1. The van der Waals surface area contributed by atoms with Gasteiger partial charge >= 0.3 is 12.2 Å². The number of piperidine rings is 1. The molecule has 2 fully saturated rings. The molecule has 4 N–H and O–H groups in total. The largest absolute Gasteiger partial charge is 0.465 e. The number of piperazine rings is 1. The molecule has 4 heterocycles. The molecule has 5 rings (SSSR count). The molecule has 3 aromatic rings. The molecule has 1 aromatic carbocycles. The minimum absolute atomic E-state index is 0.00250. The third kappa shape index (κ3) is 7.73. The van der Waals surface area contributed by atoms with Gasteiger partial charge in [-0.1, -0.05) is 13.0 Å². The molecule has 4 amide bonds. The maximum absolute atomic E-state index is 13.8. The Morgan fingerprint density at radius 3 is 2.52 bits per heavy atom. The van der Waals surface area contributed by atoms with E-state index in [4.69, 9.17) is 4.74 Å². The van der Waals surface area contributed by atoms with Crippen LogP contribution in [0.4, 0.5) is 32.3 Å². The van der Waals surface area contributed by atoms with Crippen LogP contribution in [0.1, 0.15) is 44.6 Å². The number of ether oxygens (including phenoxy) is 1. The number of nitrogens with one attached hydrogen (secondary N) is 3. The molecule has 14 heteroatoms. The van der Waals surface area contributed by atoms with Gasteiger partial charge in [0, 0.05) is 56.5 Å². The predicted octanol–water partition coefficient (Wildman–Crippen LogP) is 3.99. The Balaban J connectivity index is 1.41. The van der Waals surface area contributed by atoms with Crippen molar-refractivity contribution in [3.63, 3.8) is 0 Å². The minimum Gasteiger partial charge on any atom is -0.465 e. The number of fused-ring (bicyclic) bond motifs is 1. The van der Waals surface area contributed by atoms with Gasteiger partial charge < -0.3 is 35.2 Å². The number of likely N-dealkylation sites (N-methyl/N-ethyl adjacent to an activating group) is 1. The highest BCUT2D eigenvalue weighted by Crippen LogP contribution is 2.31. The molecule has 0 bridgehead atoms. The minimum atomic E-state index is -1.34. The predicted molar refractivity (Wildman–Crippen MR) is 175 cm³/mol. The fourth-order valence-corrected chi connectivity index (χ4v) is 5.78. The summed E-state index contributed by atoms with van der Waals surface area (Å²) in [5.41, 5.74) is 1.63. The smallest absolute Gasteiger partial charge is 0.409 e. The highest BCUT2D eigenvalue weighted by atomic mass is 16.6. The van der Waals surface area contributed by atoms with Crippen LogP contribution in [-0.4, -0.2) is 95.4 Å². The summed E-state index contributed by atoms with van der Waals surface area (Å²) in [7, 11) is 1.77. The molecule has 2 atom stereocenters. The number of carbonyl (C=O) groups is 4. The van der Waals surface area contributed by atoms with Crippen molar-refractivity contribution in [2.24, 2.45) is 5.92 Å². The van der Waals surface area contributed by atoms with Crippen molar-refractivity contribution in [3.05, 3.63) is 48.4 Å². The van der Waals surface area contributed by atoms with E-state index in [-0.39, 0.29) is 35.8 Å². The van der Waals surface area contributed by atoms with Gasteiger partial charge in [-0.2, -0.15) is 0 Å². The van der Waals surface area contributed by atoms with Crippen molar-refractivity contribution in [2.45, 2.75) is 45.8 Å². The van der Waals surface area contributed by atoms with Crippen molar-refractivity contribution in [1.82, 2.24) is 20.2 Å². The van der Waals surface area contributed by atoms with Gasteiger partial charge in [-0.05, 0) is 57.4 Å². The summed E-state index contributed by atoms with van der Waals surface area (Å²) >= 11 is 0. The summed E-state index contributed by atoms with van der Waals surface area (Å²) in [6.07, 6.45) is 2.08. The van der Waals surface area contributed by atoms with Crippen LogP contribution in [-0.2, 0) is 9.53 Å². The molecule has 0 radical (unpaired) electrons. The number of aromatic nitrogens is 2. The van der Waals surface area contributed by atoms with E-state index in [2.05, 4.69) is 37.7 Å². The van der Waals surface area contributed by atoms with Crippen molar-refractivity contribution in [2.75, 3.05) is 60.2 Å². The van der Waals surface area contributed by atoms with Crippen LogP contribution in [0.2, 0.25) is 0 Å². The Bertz CT molecular complexity index is 1660. The monoisotopic (exact) mass is 632 g/mol. The zero-order valence-corrected chi connectivity index (χ0v) is 26.7. The zero-order chi connectivity index (χ0) is 33.2. The summed E-state index contributed by atoms with van der Waals surface area (Å²) < 4.78 is 5.45. The quantitative estimate of drug-likeness (QED) is 0.312. The molecule has 2 aliphatic rings. The first-order valence-electron chi connectivity index (χ1n) is 15.2. The number of benzene rings is 1. The second-order valence-electron chi connectivity index (χ2n) is 12.9. The van der Waals surface area contributed by atoms with Gasteiger partial charge in [0.25, 0.3) is 5.91 Å². The zero-order valence-electron chi connectivity index (χ0n) is 26.7. The number of nitrogens with zero attached hydrogens (tertiary/aromatic N) is 5. The molecule has 244 valence electrons. The molecule has 0 aliphatic carbocycles. The van der Waals surface area contributed by atoms with Crippen LogP contribution in [0.3, 0.4) is 0 Å². The summed E-state index contributed by atoms with van der Waals surface area (Å²) in [5.74, 6) is -0.403. The molecule has 0 saturated carbocycles. The lowest BCUT2D eigenvalue weighted by Crippen LogP contribution is -2.51. The molecule has 0 spiro atoms. The molecular formula is C32H40N8O6. The third-order valence-corrected chi connectivity index (χ3v) is 7.85. The Hall–Kier alpha value is -5.14. The van der Waals surface area contributed by atoms with E-state index >= 15 is 0 Å². The number of pyridine rings is 2. The van der Waals surface area contributed by atoms with Gasteiger partial charge in [-0.25, -0.2) is 14.6 Å². The molecule has 14 nitrogen and oxygen atoms in total. The van der Waals surface area contributed by atoms with Crippen LogP contribution < -0.4 is 25.8 Å². The first-order valence-corrected chi connectivity index (χ1v) is 15.2. The molecule has 0 unspecified atom stereocenters. The van der Waals surface area contributed by atoms with Gasteiger partial charge in [-0.3, -0.25) is 19.9 Å². The Labute approximate surface area is 267 Å². The number of rotatable bonds is 6. The summed E-state index contributed by atoms with van der Waals surface area (Å²) in [6.45, 7) is 10.1. The van der Waals surface area contributed by atoms with Gasteiger partial charge in [0.2, 0.25) is 5.91 Å². The van der Waals surface area contributed by atoms with E-state index in [9.17, 15) is 24.3 Å². The van der Waals surface area contributed by atoms with E-state index < -0.39 is 23.7 Å². The number of hydrogen-bond acceptors (Lipinski definition) is 9. The van der Waals surface area contributed by atoms with Crippen molar-refractivity contribution < 1.29 is 29.0 Å². The fourth-order valence-electron chi connectivity index (χ4n) is 5.78. The highest BCUT2D eigenvalue weighted by Gasteiger charge is 2.30. The van der Waals surface area contributed by atoms with E-state index in [1.54, 1.807) is 42.4 Å². The fraction of sp³-hybridized carbons (Fsp3) is 0.438. The van der Waals surface area contributed by atoms with Crippen molar-refractivity contribution >= 4 is 57.7 Å². The van der Waals surface area contributed by atoms with Crippen molar-refractivity contribution in [1.29, 1.82) is 0 Å². The molecule has 2 aromatic heterocycles. The average molecular weight is 633 g/mol. The number of anilines is 4. The first kappa shape index (κ1) is 32.3. The first-order chi connectivity index (χ1) is 21.8. The summed E-state index contributed by atoms with van der Waals surface area (Å²) in [6, 6.07) is 8.58. The summed E-state index contributed by atoms with van der Waals surface area (Å²) in [5, 5.41) is 18.3. The van der Waals surface area contributed by atoms with Crippen LogP contribution in [0, 0.1) is 5.92 Å². The lowest BCUT2D eigenvalue weighted by Gasteiger charge is -2.39. The highest BCUT2D eigenvalue weighted by molar-refractivity contribution is 6.11. The Morgan fingerprint density at radius 1 is 1.02 bits per heavy atom. The molecule has 2 aliphatic heterocycles. The number of hydrogen-bond donors (Lipinski definition) is 4. The number of carbonyl (C=O) groups excluding carboxylic acids is 3. The average Bonchev–Trinajstić information content (AvgIpc) is 2.96. The standard InChI is InChI=1S/C32H40N8O6/c1-19-12-21(34-31(45)46-32(2,3)4)17-40(16-19)26-8-9-33-15-25(26)36-29(42)28-24(37-30(43)44)13-20-6-7-22(14-23(20)35-28)39-11-10-38(5)27(41)18-39/h6-9,13-15,19,21,37H,10-12,16-18H2,1-5H3,(H,34,45)(H,36,42)(H,43,44)/t19-,21-/m1/s1. The van der Waals surface area contributed by atoms with Crippen LogP contribution >= 0.6 is 0 Å². The number of amides is 4. The number of alkyl carbamates (subject to hydrolysis) is 1. The van der Waals surface area contributed by atoms with Gasteiger partial charge in [0.15, 0.2) is 5.69 Å². The van der Waals surface area contributed by atoms with Crippen molar-refractivity contribution in [3.8, 4) is 0 Å². The normalized spacial score (nSPS) is 18.7. The second-order valence-corrected chi connectivity index (χ2v) is 12.9.